The number of aliphatic carboxylic acids is 1. The summed E-state index contributed by atoms with van der Waals surface area (Å²) in [6, 6.07) is 0. The summed E-state index contributed by atoms with van der Waals surface area (Å²) in [5.74, 6) is -2.01. The van der Waals surface area contributed by atoms with Gasteiger partial charge >= 0.3 is 17.9 Å². The molecule has 0 saturated carbocycles. The van der Waals surface area contributed by atoms with Crippen LogP contribution in [0.5, 0.6) is 0 Å². The summed E-state index contributed by atoms with van der Waals surface area (Å²) in [4.78, 5) is 36.8. The summed E-state index contributed by atoms with van der Waals surface area (Å²) in [5, 5.41) is 9.60. The maximum absolute atomic E-state index is 12.7. The maximum Gasteiger partial charge on any atom is 0.361 e. The highest BCUT2D eigenvalue weighted by atomic mass is 16.7. The predicted octanol–water partition coefficient (Wildman–Crippen LogP) is 14.2. The van der Waals surface area contributed by atoms with Crippen molar-refractivity contribution in [2.75, 3.05) is 47.5 Å². The number of unbranched alkanes of at least 4 members (excludes halogenated alkanes) is 31. The number of likely N-dealkylation sites (N-methyl/N-ethyl adjacent to an activating group) is 1. The van der Waals surface area contributed by atoms with Crippen LogP contribution in [0.2, 0.25) is 0 Å². The lowest BCUT2D eigenvalue weighted by Gasteiger charge is -2.25. The van der Waals surface area contributed by atoms with Crippen LogP contribution in [-0.4, -0.2) is 87.4 Å². The quantitative estimate of drug-likeness (QED) is 0.0212. The number of carbonyl (C=O) groups is 3. The molecule has 0 saturated heterocycles. The van der Waals surface area contributed by atoms with E-state index in [0.717, 1.165) is 51.4 Å². The first kappa shape index (κ1) is 59.0. The van der Waals surface area contributed by atoms with Gasteiger partial charge in [0.15, 0.2) is 6.10 Å². The van der Waals surface area contributed by atoms with Gasteiger partial charge in [-0.25, -0.2) is 4.79 Å². The average molecular weight is 867 g/mol. The molecule has 0 aliphatic rings. The van der Waals surface area contributed by atoms with E-state index < -0.39 is 24.3 Å². The molecule has 1 N–H and O–H groups in total. The van der Waals surface area contributed by atoms with Gasteiger partial charge in [-0.05, 0) is 38.5 Å². The molecule has 0 rings (SSSR count). The summed E-state index contributed by atoms with van der Waals surface area (Å²) in [6.45, 7) is 4.80. The van der Waals surface area contributed by atoms with Crippen molar-refractivity contribution in [3.8, 4) is 0 Å². The second-order valence-corrected chi connectivity index (χ2v) is 18.8. The molecule has 0 radical (unpaired) electrons. The number of ether oxygens (including phenoxy) is 4. The molecule has 0 aromatic rings. The van der Waals surface area contributed by atoms with Crippen molar-refractivity contribution in [3.63, 3.8) is 0 Å². The van der Waals surface area contributed by atoms with Crippen molar-refractivity contribution in [2.24, 2.45) is 0 Å². The highest BCUT2D eigenvalue weighted by molar-refractivity contribution is 5.71. The molecule has 0 bridgehead atoms. The Bertz CT molecular complexity index is 1010. The van der Waals surface area contributed by atoms with Gasteiger partial charge in [0.1, 0.15) is 13.2 Å². The van der Waals surface area contributed by atoms with E-state index in [2.05, 4.69) is 26.0 Å². The van der Waals surface area contributed by atoms with Gasteiger partial charge in [0.2, 0.25) is 0 Å². The van der Waals surface area contributed by atoms with Crippen LogP contribution in [0.3, 0.4) is 0 Å². The van der Waals surface area contributed by atoms with Gasteiger partial charge in [0, 0.05) is 12.8 Å². The number of quaternary nitrogens is 1. The topological polar surface area (TPSA) is 108 Å². The van der Waals surface area contributed by atoms with Gasteiger partial charge in [0.05, 0.1) is 34.4 Å². The number of carbonyl (C=O) groups excluding carboxylic acids is 2. The van der Waals surface area contributed by atoms with Gasteiger partial charge < -0.3 is 28.5 Å². The number of hydrogen-bond donors (Lipinski definition) is 1. The van der Waals surface area contributed by atoms with E-state index in [1.807, 2.05) is 21.1 Å². The summed E-state index contributed by atoms with van der Waals surface area (Å²) in [5.41, 5.74) is 0. The van der Waals surface area contributed by atoms with Crippen molar-refractivity contribution in [3.05, 3.63) is 12.2 Å². The minimum atomic E-state index is -1.50. The fourth-order valence-electron chi connectivity index (χ4n) is 7.48. The van der Waals surface area contributed by atoms with E-state index in [1.165, 1.54) is 167 Å². The largest absolute Gasteiger partial charge is 0.477 e. The Kier molecular flexibility index (Phi) is 43.2. The zero-order valence-electron chi connectivity index (χ0n) is 40.8. The number of nitrogens with zero attached hydrogens (tertiary/aromatic N) is 1. The normalized spacial score (nSPS) is 12.9. The Morgan fingerprint density at radius 2 is 0.836 bits per heavy atom. The third-order valence-electron chi connectivity index (χ3n) is 11.5. The summed E-state index contributed by atoms with van der Waals surface area (Å²) >= 11 is 0. The highest BCUT2D eigenvalue weighted by Gasteiger charge is 2.25. The van der Waals surface area contributed by atoms with Gasteiger partial charge in [-0.2, -0.15) is 0 Å². The fraction of sp³-hybridized carbons (Fsp3) is 0.904. The van der Waals surface area contributed by atoms with Gasteiger partial charge in [0.25, 0.3) is 6.29 Å². The molecular formula is C52H100NO8+. The third kappa shape index (κ3) is 45.9. The number of hydrogen-bond acceptors (Lipinski definition) is 7. The molecule has 360 valence electrons. The van der Waals surface area contributed by atoms with E-state index in [-0.39, 0.29) is 32.2 Å². The van der Waals surface area contributed by atoms with Crippen LogP contribution in [0.4, 0.5) is 0 Å². The summed E-state index contributed by atoms with van der Waals surface area (Å²) < 4.78 is 22.6. The van der Waals surface area contributed by atoms with Crippen LogP contribution in [-0.2, 0) is 33.3 Å². The zero-order chi connectivity index (χ0) is 44.9. The SMILES string of the molecule is CCCCCCCCCC/C=C\CCCCCCCCCCCCCCCCCCCCCC(=O)OC(COC(=O)CCCCCCC)COC(OCC[N+](C)(C)C)C(=O)O. The molecule has 9 heteroatoms. The monoisotopic (exact) mass is 867 g/mol. The number of esters is 2. The molecule has 0 fully saturated rings. The lowest BCUT2D eigenvalue weighted by Crippen LogP contribution is -2.40. The Morgan fingerprint density at radius 3 is 1.21 bits per heavy atom. The first-order chi connectivity index (χ1) is 29.6. The summed E-state index contributed by atoms with van der Waals surface area (Å²) in [7, 11) is 5.95. The van der Waals surface area contributed by atoms with Gasteiger partial charge in [-0.15, -0.1) is 0 Å². The molecule has 9 nitrogen and oxygen atoms in total. The number of rotatable bonds is 48. The van der Waals surface area contributed by atoms with Crippen LogP contribution in [0.25, 0.3) is 0 Å². The van der Waals surface area contributed by atoms with Crippen molar-refractivity contribution >= 4 is 17.9 Å². The summed E-state index contributed by atoms with van der Waals surface area (Å²) in [6.07, 6.45) is 46.4. The number of carboxylic acids is 1. The predicted molar refractivity (Wildman–Crippen MR) is 254 cm³/mol. The minimum absolute atomic E-state index is 0.178. The third-order valence-corrected chi connectivity index (χ3v) is 11.5. The fourth-order valence-corrected chi connectivity index (χ4v) is 7.48. The minimum Gasteiger partial charge on any atom is -0.477 e. The second-order valence-electron chi connectivity index (χ2n) is 18.8. The van der Waals surface area contributed by atoms with E-state index in [1.54, 1.807) is 0 Å². The Morgan fingerprint density at radius 1 is 0.475 bits per heavy atom. The molecule has 0 heterocycles. The number of allylic oxidation sites excluding steroid dienone is 2. The van der Waals surface area contributed by atoms with Crippen LogP contribution < -0.4 is 0 Å². The first-order valence-electron chi connectivity index (χ1n) is 25.9. The smallest absolute Gasteiger partial charge is 0.361 e. The van der Waals surface area contributed by atoms with Crippen molar-refractivity contribution in [1.29, 1.82) is 0 Å². The molecular weight excluding hydrogens is 767 g/mol. The highest BCUT2D eigenvalue weighted by Crippen LogP contribution is 2.16. The second kappa shape index (κ2) is 44.6. The molecule has 0 aromatic carbocycles. The lowest BCUT2D eigenvalue weighted by molar-refractivity contribution is -0.870. The average Bonchev–Trinajstić information content (AvgIpc) is 3.22. The molecule has 0 spiro atoms. The molecule has 0 aliphatic heterocycles. The molecule has 0 aliphatic carbocycles. The van der Waals surface area contributed by atoms with Gasteiger partial charge in [-0.1, -0.05) is 206 Å². The zero-order valence-corrected chi connectivity index (χ0v) is 40.8. The molecule has 61 heavy (non-hydrogen) atoms. The van der Waals surface area contributed by atoms with Crippen LogP contribution >= 0.6 is 0 Å². The molecule has 2 atom stereocenters. The Balaban J connectivity index is 3.90. The molecule has 2 unspecified atom stereocenters. The van der Waals surface area contributed by atoms with E-state index in [4.69, 9.17) is 18.9 Å². The van der Waals surface area contributed by atoms with E-state index in [9.17, 15) is 19.5 Å². The Labute approximate surface area is 376 Å². The van der Waals surface area contributed by atoms with Crippen LogP contribution in [0, 0.1) is 0 Å². The van der Waals surface area contributed by atoms with Crippen LogP contribution in [0.1, 0.15) is 245 Å². The maximum atomic E-state index is 12.7. The van der Waals surface area contributed by atoms with Gasteiger partial charge in [-0.3, -0.25) is 9.59 Å². The van der Waals surface area contributed by atoms with E-state index >= 15 is 0 Å². The van der Waals surface area contributed by atoms with E-state index in [0.29, 0.717) is 17.4 Å². The van der Waals surface area contributed by atoms with Crippen molar-refractivity contribution in [1.82, 2.24) is 0 Å². The Hall–Kier alpha value is -1.97. The molecule has 0 aromatic heterocycles. The van der Waals surface area contributed by atoms with Crippen molar-refractivity contribution < 1.29 is 42.9 Å². The van der Waals surface area contributed by atoms with Crippen LogP contribution in [0.15, 0.2) is 12.2 Å². The van der Waals surface area contributed by atoms with Crippen molar-refractivity contribution in [2.45, 2.75) is 257 Å². The standard InChI is InChI=1S/C52H99NO8/c1-6-8-10-12-13-14-15-16-17-18-19-20-21-22-23-24-25-26-27-28-29-30-31-32-33-34-35-36-37-39-41-43-50(55)61-48(46-59-49(54)42-40-38-11-9-7-2)47-60-52(51(56)57)58-45-44-53(3,4)5/h18-19,48,52H,6-17,20-47H2,1-5H3/p+1/b19-18-. The lowest BCUT2D eigenvalue weighted by atomic mass is 10.0. The first-order valence-corrected chi connectivity index (χ1v) is 25.9. The molecule has 0 amide bonds. The number of carboxylic acid groups (broad SMARTS) is 1.